The first-order valence-corrected chi connectivity index (χ1v) is 8.37. The Bertz CT molecular complexity index is 924. The highest BCUT2D eigenvalue weighted by atomic mass is 32.1. The predicted octanol–water partition coefficient (Wildman–Crippen LogP) is 3.57. The molecule has 0 atom stereocenters. The molecule has 3 aromatic rings. The van der Waals surface area contributed by atoms with E-state index in [0.29, 0.717) is 5.39 Å². The number of hydrogen-bond acceptors (Lipinski definition) is 3. The summed E-state index contributed by atoms with van der Waals surface area (Å²) in [6, 6.07) is 11.5. The van der Waals surface area contributed by atoms with Crippen LogP contribution in [-0.4, -0.2) is 10.5 Å². The molecule has 0 spiro atoms. The maximum atomic E-state index is 12.4. The summed E-state index contributed by atoms with van der Waals surface area (Å²) in [5.41, 5.74) is 1.80. The van der Waals surface area contributed by atoms with Gasteiger partial charge < -0.3 is 9.88 Å². The van der Waals surface area contributed by atoms with Crippen molar-refractivity contribution in [2.75, 3.05) is 5.32 Å². The Balaban J connectivity index is 1.80. The number of rotatable bonds is 4. The van der Waals surface area contributed by atoms with Crippen LogP contribution in [0.25, 0.3) is 10.1 Å². The molecule has 118 valence electrons. The van der Waals surface area contributed by atoms with Crippen LogP contribution >= 0.6 is 11.3 Å². The topological polar surface area (TPSA) is 51.1 Å². The van der Waals surface area contributed by atoms with E-state index < -0.39 is 0 Å². The third kappa shape index (κ3) is 3.35. The smallest absolute Gasteiger partial charge is 0.259 e. The van der Waals surface area contributed by atoms with E-state index in [9.17, 15) is 9.59 Å². The number of amides is 1. The number of hydrogen-bond donors (Lipinski definition) is 1. The summed E-state index contributed by atoms with van der Waals surface area (Å²) >= 11 is 1.59. The van der Waals surface area contributed by atoms with E-state index in [1.54, 1.807) is 17.5 Å². The van der Waals surface area contributed by atoms with Gasteiger partial charge in [-0.1, -0.05) is 19.1 Å². The first-order chi connectivity index (χ1) is 11.1. The van der Waals surface area contributed by atoms with Crippen molar-refractivity contribution in [2.45, 2.75) is 26.8 Å². The fourth-order valence-electron chi connectivity index (χ4n) is 2.55. The van der Waals surface area contributed by atoms with Crippen molar-refractivity contribution in [2.24, 2.45) is 0 Å². The molecule has 1 N–H and O–H groups in total. The van der Waals surface area contributed by atoms with Crippen LogP contribution in [0.3, 0.4) is 0 Å². The number of anilines is 1. The second-order valence-electron chi connectivity index (χ2n) is 5.49. The van der Waals surface area contributed by atoms with Crippen LogP contribution < -0.4 is 10.9 Å². The Kier molecular flexibility index (Phi) is 4.30. The first kappa shape index (κ1) is 15.5. The zero-order valence-corrected chi connectivity index (χ0v) is 13.9. The Labute approximate surface area is 138 Å². The van der Waals surface area contributed by atoms with Gasteiger partial charge in [-0.3, -0.25) is 9.59 Å². The molecule has 0 radical (unpaired) electrons. The van der Waals surface area contributed by atoms with Gasteiger partial charge in [0.05, 0.1) is 5.39 Å². The second kappa shape index (κ2) is 6.38. The molecule has 23 heavy (non-hydrogen) atoms. The van der Waals surface area contributed by atoms with E-state index in [1.807, 2.05) is 43.3 Å². The highest BCUT2D eigenvalue weighted by Gasteiger charge is 2.09. The highest BCUT2D eigenvalue weighted by molar-refractivity contribution is 7.18. The monoisotopic (exact) mass is 326 g/mol. The lowest BCUT2D eigenvalue weighted by atomic mass is 10.1. The molecule has 1 amide bonds. The number of aromatic nitrogens is 1. The van der Waals surface area contributed by atoms with Crippen molar-refractivity contribution in [3.63, 3.8) is 0 Å². The van der Waals surface area contributed by atoms with Gasteiger partial charge in [-0.2, -0.15) is 0 Å². The molecule has 0 unspecified atom stereocenters. The number of carbonyl (C=O) groups excluding carboxylic acids is 1. The summed E-state index contributed by atoms with van der Waals surface area (Å²) < 4.78 is 2.41. The second-order valence-corrected chi connectivity index (χ2v) is 6.77. The fraction of sp³-hybridized carbons (Fsp3) is 0.222. The van der Waals surface area contributed by atoms with Crippen LogP contribution in [0.4, 0.5) is 5.69 Å². The van der Waals surface area contributed by atoms with Gasteiger partial charge in [0, 0.05) is 21.5 Å². The third-order valence-electron chi connectivity index (χ3n) is 3.71. The number of carbonyl (C=O) groups is 1. The molecular weight excluding hydrogens is 308 g/mol. The van der Waals surface area contributed by atoms with Gasteiger partial charge in [0.15, 0.2) is 0 Å². The van der Waals surface area contributed by atoms with Crippen molar-refractivity contribution in [3.8, 4) is 0 Å². The van der Waals surface area contributed by atoms with Crippen molar-refractivity contribution >= 4 is 33.0 Å². The van der Waals surface area contributed by atoms with Gasteiger partial charge in [0.1, 0.15) is 6.54 Å². The van der Waals surface area contributed by atoms with Gasteiger partial charge in [0.2, 0.25) is 5.91 Å². The van der Waals surface area contributed by atoms with E-state index >= 15 is 0 Å². The number of benzene rings is 1. The number of pyridine rings is 1. The van der Waals surface area contributed by atoms with Crippen LogP contribution in [0.15, 0.2) is 47.4 Å². The van der Waals surface area contributed by atoms with Crippen LogP contribution in [0.2, 0.25) is 0 Å². The van der Waals surface area contributed by atoms with Crippen LogP contribution in [0.5, 0.6) is 0 Å². The molecule has 0 aliphatic rings. The fourth-order valence-corrected chi connectivity index (χ4v) is 3.46. The molecule has 0 bridgehead atoms. The summed E-state index contributed by atoms with van der Waals surface area (Å²) in [6.45, 7) is 4.06. The molecular formula is C18H18N2O2S. The van der Waals surface area contributed by atoms with Gasteiger partial charge in [-0.15, -0.1) is 11.3 Å². The Morgan fingerprint density at radius 1 is 1.26 bits per heavy atom. The van der Waals surface area contributed by atoms with Crippen molar-refractivity contribution in [3.05, 3.63) is 63.4 Å². The Hall–Kier alpha value is -2.40. The first-order valence-electron chi connectivity index (χ1n) is 7.55. The lowest BCUT2D eigenvalue weighted by Crippen LogP contribution is -2.27. The van der Waals surface area contributed by atoms with E-state index in [4.69, 9.17) is 0 Å². The van der Waals surface area contributed by atoms with Gasteiger partial charge >= 0.3 is 0 Å². The zero-order valence-electron chi connectivity index (χ0n) is 13.1. The predicted molar refractivity (Wildman–Crippen MR) is 95.3 cm³/mol. The summed E-state index contributed by atoms with van der Waals surface area (Å²) in [6.07, 6.45) is 2.60. The van der Waals surface area contributed by atoms with Crippen molar-refractivity contribution in [1.82, 2.24) is 4.57 Å². The molecule has 2 heterocycles. The number of nitrogens with one attached hydrogen (secondary N) is 1. The average molecular weight is 326 g/mol. The maximum Gasteiger partial charge on any atom is 0.259 e. The molecule has 2 aromatic heterocycles. The quantitative estimate of drug-likeness (QED) is 0.797. The molecule has 0 saturated heterocycles. The minimum absolute atomic E-state index is 0.0139. The minimum atomic E-state index is -0.202. The SMILES string of the molecule is CCc1cccc(NC(=O)Cn2ccc3sc(C)cc3c2=O)c1. The molecule has 0 aliphatic carbocycles. The molecule has 5 heteroatoms. The average Bonchev–Trinajstić information content (AvgIpc) is 2.92. The number of fused-ring (bicyclic) bond motifs is 1. The maximum absolute atomic E-state index is 12.4. The van der Waals surface area contributed by atoms with Crippen molar-refractivity contribution < 1.29 is 4.79 Å². The van der Waals surface area contributed by atoms with Crippen LogP contribution in [0.1, 0.15) is 17.4 Å². The summed E-state index contributed by atoms with van der Waals surface area (Å²) in [4.78, 5) is 25.7. The summed E-state index contributed by atoms with van der Waals surface area (Å²) in [5.74, 6) is -0.202. The van der Waals surface area contributed by atoms with Crippen molar-refractivity contribution in [1.29, 1.82) is 0 Å². The molecule has 0 fully saturated rings. The van der Waals surface area contributed by atoms with E-state index in [2.05, 4.69) is 12.2 Å². The zero-order chi connectivity index (χ0) is 16.4. The number of nitrogens with zero attached hydrogens (tertiary/aromatic N) is 1. The van der Waals surface area contributed by atoms with E-state index in [0.717, 1.165) is 27.2 Å². The minimum Gasteiger partial charge on any atom is -0.325 e. The molecule has 3 rings (SSSR count). The number of thiophene rings is 1. The van der Waals surface area contributed by atoms with Gasteiger partial charge in [-0.25, -0.2) is 0 Å². The van der Waals surface area contributed by atoms with Gasteiger partial charge in [0.25, 0.3) is 5.56 Å². The largest absolute Gasteiger partial charge is 0.325 e. The Morgan fingerprint density at radius 3 is 2.87 bits per heavy atom. The van der Waals surface area contributed by atoms with E-state index in [-0.39, 0.29) is 18.0 Å². The van der Waals surface area contributed by atoms with Crippen LogP contribution in [-0.2, 0) is 17.8 Å². The molecule has 0 aliphatic heterocycles. The number of aryl methyl sites for hydroxylation is 2. The molecule has 4 nitrogen and oxygen atoms in total. The van der Waals surface area contributed by atoms with Gasteiger partial charge in [-0.05, 0) is 43.2 Å². The van der Waals surface area contributed by atoms with E-state index in [1.165, 1.54) is 4.57 Å². The Morgan fingerprint density at radius 2 is 2.09 bits per heavy atom. The highest BCUT2D eigenvalue weighted by Crippen LogP contribution is 2.21. The normalized spacial score (nSPS) is 10.9. The molecule has 1 aromatic carbocycles. The summed E-state index contributed by atoms with van der Waals surface area (Å²) in [7, 11) is 0. The lowest BCUT2D eigenvalue weighted by molar-refractivity contribution is -0.116. The molecule has 0 saturated carbocycles. The summed E-state index contributed by atoms with van der Waals surface area (Å²) in [5, 5.41) is 3.53. The lowest BCUT2D eigenvalue weighted by Gasteiger charge is -2.08. The van der Waals surface area contributed by atoms with Crippen LogP contribution in [0, 0.1) is 6.92 Å². The third-order valence-corrected chi connectivity index (χ3v) is 4.73. The standard InChI is InChI=1S/C18H18N2O2S/c1-3-13-5-4-6-14(10-13)19-17(21)11-20-8-7-16-15(18(20)22)9-12(2)23-16/h4-10H,3,11H2,1-2H3,(H,19,21).